The van der Waals surface area contributed by atoms with E-state index >= 15 is 0 Å². The van der Waals surface area contributed by atoms with Crippen molar-refractivity contribution in [3.63, 3.8) is 0 Å². The predicted octanol–water partition coefficient (Wildman–Crippen LogP) is 3.70. The van der Waals surface area contributed by atoms with Gasteiger partial charge in [0.25, 0.3) is 0 Å². The van der Waals surface area contributed by atoms with Crippen molar-refractivity contribution in [3.05, 3.63) is 23.2 Å². The standard InChI is InChI=1S/C16H15ClF3NO4/c1-5-12(22)21(13(14(23)24)15(2,3)4)9-6-7-11(10(17)8-9)25-16(18,19)20/h1,6-8,13H,2-4H3,(H,23,24)/t13-/m1/s1. The van der Waals surface area contributed by atoms with Crippen molar-refractivity contribution in [1.29, 1.82) is 0 Å². The van der Waals surface area contributed by atoms with Crippen LogP contribution in [0.4, 0.5) is 18.9 Å². The first-order valence-corrected chi connectivity index (χ1v) is 7.23. The summed E-state index contributed by atoms with van der Waals surface area (Å²) < 4.78 is 40.6. The monoisotopic (exact) mass is 377 g/mol. The van der Waals surface area contributed by atoms with Crippen molar-refractivity contribution in [2.24, 2.45) is 5.41 Å². The van der Waals surface area contributed by atoms with Crippen molar-refractivity contribution >= 4 is 29.2 Å². The first-order chi connectivity index (χ1) is 11.3. The number of hydrogen-bond donors (Lipinski definition) is 1. The third-order valence-corrected chi connectivity index (χ3v) is 3.37. The quantitative estimate of drug-likeness (QED) is 0.812. The Bertz CT molecular complexity index is 720. The molecule has 0 aliphatic heterocycles. The first kappa shape index (κ1) is 20.6. The molecule has 1 atom stereocenters. The Morgan fingerprint density at radius 1 is 1.32 bits per heavy atom. The molecule has 0 heterocycles. The molecule has 0 fully saturated rings. The summed E-state index contributed by atoms with van der Waals surface area (Å²) in [5.74, 6) is -1.17. The van der Waals surface area contributed by atoms with Gasteiger partial charge in [0.1, 0.15) is 11.8 Å². The van der Waals surface area contributed by atoms with E-state index in [2.05, 4.69) is 4.74 Å². The Labute approximate surface area is 147 Å². The molecular formula is C16H15ClF3NO4. The highest BCUT2D eigenvalue weighted by Crippen LogP contribution is 2.36. The van der Waals surface area contributed by atoms with E-state index in [9.17, 15) is 27.9 Å². The van der Waals surface area contributed by atoms with Crippen LogP contribution in [0.25, 0.3) is 0 Å². The van der Waals surface area contributed by atoms with E-state index in [0.29, 0.717) is 0 Å². The van der Waals surface area contributed by atoms with E-state index in [-0.39, 0.29) is 5.69 Å². The van der Waals surface area contributed by atoms with Crippen LogP contribution in [0, 0.1) is 17.8 Å². The number of benzene rings is 1. The molecule has 5 nitrogen and oxygen atoms in total. The lowest BCUT2D eigenvalue weighted by molar-refractivity contribution is -0.274. The van der Waals surface area contributed by atoms with Crippen LogP contribution in [0.2, 0.25) is 5.02 Å². The van der Waals surface area contributed by atoms with E-state index in [1.807, 2.05) is 5.92 Å². The molecule has 9 heteroatoms. The average molecular weight is 378 g/mol. The zero-order valence-electron chi connectivity index (χ0n) is 13.5. The summed E-state index contributed by atoms with van der Waals surface area (Å²) in [6, 6.07) is 1.56. The number of carboxylic acids is 1. The number of carboxylic acid groups (broad SMARTS) is 1. The highest BCUT2D eigenvalue weighted by atomic mass is 35.5. The number of amides is 1. The van der Waals surface area contributed by atoms with Gasteiger partial charge in [-0.25, -0.2) is 4.79 Å². The molecule has 136 valence electrons. The second-order valence-corrected chi connectivity index (χ2v) is 6.50. The lowest BCUT2D eigenvalue weighted by Gasteiger charge is -2.36. The number of ether oxygens (including phenoxy) is 1. The molecule has 1 N–H and O–H groups in total. The van der Waals surface area contributed by atoms with Gasteiger partial charge in [0, 0.05) is 5.69 Å². The molecule has 0 saturated heterocycles. The van der Waals surface area contributed by atoms with Crippen LogP contribution in [-0.2, 0) is 9.59 Å². The van der Waals surface area contributed by atoms with Crippen molar-refractivity contribution in [3.8, 4) is 18.1 Å². The summed E-state index contributed by atoms with van der Waals surface area (Å²) in [6.07, 6.45) is 0.152. The molecule has 0 unspecified atom stereocenters. The van der Waals surface area contributed by atoms with Gasteiger partial charge in [0.2, 0.25) is 0 Å². The maximum absolute atomic E-state index is 12.3. The molecule has 0 bridgehead atoms. The molecule has 1 rings (SSSR count). The van der Waals surface area contributed by atoms with Crippen LogP contribution in [0.1, 0.15) is 20.8 Å². The Morgan fingerprint density at radius 2 is 1.88 bits per heavy atom. The van der Waals surface area contributed by atoms with E-state index < -0.39 is 40.5 Å². The van der Waals surface area contributed by atoms with E-state index in [1.165, 1.54) is 0 Å². The molecule has 1 aromatic carbocycles. The number of nitrogens with zero attached hydrogens (tertiary/aromatic N) is 1. The van der Waals surface area contributed by atoms with Gasteiger partial charge in [-0.05, 0) is 29.5 Å². The lowest BCUT2D eigenvalue weighted by Crippen LogP contribution is -2.52. The topological polar surface area (TPSA) is 66.8 Å². The number of terminal acetylenes is 1. The molecule has 0 aliphatic carbocycles. The highest BCUT2D eigenvalue weighted by molar-refractivity contribution is 6.32. The summed E-state index contributed by atoms with van der Waals surface area (Å²) in [6.45, 7) is 4.72. The van der Waals surface area contributed by atoms with E-state index in [1.54, 1.807) is 20.8 Å². The maximum atomic E-state index is 12.3. The number of anilines is 1. The number of alkyl halides is 3. The van der Waals surface area contributed by atoms with E-state index in [0.717, 1.165) is 23.1 Å². The normalized spacial score (nSPS) is 12.9. The number of carbonyl (C=O) groups excluding carboxylic acids is 1. The van der Waals surface area contributed by atoms with Crippen LogP contribution < -0.4 is 9.64 Å². The summed E-state index contributed by atoms with van der Waals surface area (Å²) in [4.78, 5) is 24.6. The van der Waals surface area contributed by atoms with Crippen LogP contribution in [0.15, 0.2) is 18.2 Å². The van der Waals surface area contributed by atoms with Gasteiger partial charge in [-0.15, -0.1) is 19.6 Å². The summed E-state index contributed by atoms with van der Waals surface area (Å²) in [5, 5.41) is 9.04. The minimum Gasteiger partial charge on any atom is -0.480 e. The SMILES string of the molecule is C#CC(=O)N(c1ccc(OC(F)(F)F)c(Cl)c1)[C@H](C(=O)O)C(C)(C)C. The van der Waals surface area contributed by atoms with Crippen molar-refractivity contribution in [2.45, 2.75) is 33.2 Å². The fourth-order valence-corrected chi connectivity index (χ4v) is 2.38. The summed E-state index contributed by atoms with van der Waals surface area (Å²) >= 11 is 5.76. The molecule has 1 aromatic rings. The van der Waals surface area contributed by atoms with Gasteiger partial charge in [-0.1, -0.05) is 32.4 Å². The number of carbonyl (C=O) groups is 2. The van der Waals surface area contributed by atoms with Crippen LogP contribution in [0.3, 0.4) is 0 Å². The third kappa shape index (κ3) is 5.29. The van der Waals surface area contributed by atoms with Crippen molar-refractivity contribution in [2.75, 3.05) is 4.90 Å². The van der Waals surface area contributed by atoms with Gasteiger partial charge in [-0.3, -0.25) is 9.69 Å². The largest absolute Gasteiger partial charge is 0.573 e. The summed E-state index contributed by atoms with van der Waals surface area (Å²) in [7, 11) is 0. The number of halogens is 4. The summed E-state index contributed by atoms with van der Waals surface area (Å²) in [5.41, 5.74) is -0.990. The highest BCUT2D eigenvalue weighted by Gasteiger charge is 2.40. The van der Waals surface area contributed by atoms with Gasteiger partial charge >= 0.3 is 18.2 Å². The number of rotatable bonds is 4. The fourth-order valence-electron chi connectivity index (χ4n) is 2.17. The van der Waals surface area contributed by atoms with E-state index in [4.69, 9.17) is 18.0 Å². The minimum atomic E-state index is -4.95. The van der Waals surface area contributed by atoms with Gasteiger partial charge in [0.05, 0.1) is 5.02 Å². The second-order valence-electron chi connectivity index (χ2n) is 6.09. The Hall–Kier alpha value is -2.40. The fraction of sp³-hybridized carbons (Fsp3) is 0.375. The zero-order chi connectivity index (χ0) is 19.6. The molecule has 0 aromatic heterocycles. The van der Waals surface area contributed by atoms with Crippen molar-refractivity contribution in [1.82, 2.24) is 0 Å². The smallest absolute Gasteiger partial charge is 0.480 e. The van der Waals surface area contributed by atoms with Crippen molar-refractivity contribution < 1.29 is 32.6 Å². The number of hydrogen-bond acceptors (Lipinski definition) is 3. The Morgan fingerprint density at radius 3 is 2.24 bits per heavy atom. The first-order valence-electron chi connectivity index (χ1n) is 6.86. The molecule has 0 radical (unpaired) electrons. The molecular weight excluding hydrogens is 363 g/mol. The maximum Gasteiger partial charge on any atom is 0.573 e. The van der Waals surface area contributed by atoms with Gasteiger partial charge < -0.3 is 9.84 Å². The zero-order valence-corrected chi connectivity index (χ0v) is 14.3. The predicted molar refractivity (Wildman–Crippen MR) is 85.3 cm³/mol. The molecule has 0 spiro atoms. The second kappa shape index (κ2) is 7.23. The Kier molecular flexibility index (Phi) is 5.97. The van der Waals surface area contributed by atoms with Crippen LogP contribution in [-0.4, -0.2) is 29.4 Å². The van der Waals surface area contributed by atoms with Crippen LogP contribution in [0.5, 0.6) is 5.75 Å². The van der Waals surface area contributed by atoms with Gasteiger partial charge in [-0.2, -0.15) is 0 Å². The molecule has 1 amide bonds. The third-order valence-electron chi connectivity index (χ3n) is 3.07. The lowest BCUT2D eigenvalue weighted by atomic mass is 9.85. The minimum absolute atomic E-state index is 0.0650. The number of aliphatic carboxylic acids is 1. The van der Waals surface area contributed by atoms with Crippen LogP contribution >= 0.6 is 11.6 Å². The molecule has 0 aliphatic rings. The average Bonchev–Trinajstić information content (AvgIpc) is 2.43. The Balaban J connectivity index is 3.44. The van der Waals surface area contributed by atoms with Gasteiger partial charge in [0.15, 0.2) is 0 Å². The molecule has 25 heavy (non-hydrogen) atoms. The molecule has 0 saturated carbocycles.